The third-order valence-electron chi connectivity index (χ3n) is 4.38. The lowest BCUT2D eigenvalue weighted by Gasteiger charge is -2.11. The molecule has 0 radical (unpaired) electrons. The minimum atomic E-state index is -0.284. The van der Waals surface area contributed by atoms with E-state index in [1.165, 1.54) is 17.2 Å². The van der Waals surface area contributed by atoms with Crippen molar-refractivity contribution in [3.8, 4) is 11.5 Å². The van der Waals surface area contributed by atoms with Crippen molar-refractivity contribution in [2.24, 2.45) is 4.99 Å². The maximum atomic E-state index is 13.7. The molecule has 0 saturated carbocycles. The highest BCUT2D eigenvalue weighted by Gasteiger charge is 2.07. The fraction of sp³-hybridized carbons (Fsp3) is 0.174. The topological polar surface area (TPSA) is 30.8 Å². The highest BCUT2D eigenvalue weighted by atomic mass is 19.1. The average Bonchev–Trinajstić information content (AvgIpc) is 2.68. The Kier molecular flexibility index (Phi) is 5.87. The monoisotopic (exact) mass is 363 g/mol. The summed E-state index contributed by atoms with van der Waals surface area (Å²) in [5, 5.41) is 0. The Bertz CT molecular complexity index is 966. The number of methoxy groups -OCH3 is 1. The van der Waals surface area contributed by atoms with E-state index in [1.54, 1.807) is 37.6 Å². The van der Waals surface area contributed by atoms with Gasteiger partial charge in [-0.25, -0.2) is 4.39 Å². The molecule has 0 aliphatic carbocycles. The van der Waals surface area contributed by atoms with Crippen molar-refractivity contribution in [1.82, 2.24) is 0 Å². The van der Waals surface area contributed by atoms with Gasteiger partial charge in [-0.1, -0.05) is 24.3 Å². The van der Waals surface area contributed by atoms with Gasteiger partial charge in [-0.15, -0.1) is 0 Å². The highest BCUT2D eigenvalue weighted by Crippen LogP contribution is 2.29. The van der Waals surface area contributed by atoms with Gasteiger partial charge in [0.1, 0.15) is 12.4 Å². The van der Waals surface area contributed by atoms with Crippen LogP contribution in [0.2, 0.25) is 0 Å². The molecule has 0 saturated heterocycles. The van der Waals surface area contributed by atoms with Crippen LogP contribution in [0.5, 0.6) is 11.5 Å². The second kappa shape index (κ2) is 8.49. The third kappa shape index (κ3) is 4.73. The van der Waals surface area contributed by atoms with Gasteiger partial charge in [0.05, 0.1) is 12.8 Å². The van der Waals surface area contributed by atoms with Crippen molar-refractivity contribution < 1.29 is 13.9 Å². The number of aryl methyl sites for hydroxylation is 2. The van der Waals surface area contributed by atoms with Crippen LogP contribution < -0.4 is 9.47 Å². The molecular weight excluding hydrogens is 341 g/mol. The van der Waals surface area contributed by atoms with Gasteiger partial charge >= 0.3 is 0 Å². The molecular formula is C23H22FNO2. The molecule has 0 bridgehead atoms. The van der Waals surface area contributed by atoms with E-state index < -0.39 is 0 Å². The van der Waals surface area contributed by atoms with E-state index in [0.717, 1.165) is 11.3 Å². The maximum Gasteiger partial charge on any atom is 0.161 e. The Morgan fingerprint density at radius 1 is 0.926 bits per heavy atom. The van der Waals surface area contributed by atoms with Gasteiger partial charge in [0, 0.05) is 11.8 Å². The largest absolute Gasteiger partial charge is 0.493 e. The Balaban J connectivity index is 1.74. The smallest absolute Gasteiger partial charge is 0.161 e. The van der Waals surface area contributed by atoms with Crippen LogP contribution in [0, 0.1) is 19.7 Å². The van der Waals surface area contributed by atoms with Crippen LogP contribution in [0.15, 0.2) is 65.7 Å². The van der Waals surface area contributed by atoms with E-state index >= 15 is 0 Å². The van der Waals surface area contributed by atoms with Crippen molar-refractivity contribution >= 4 is 11.9 Å². The molecule has 0 aliphatic heterocycles. The van der Waals surface area contributed by atoms with Crippen molar-refractivity contribution in [1.29, 1.82) is 0 Å². The lowest BCUT2D eigenvalue weighted by Crippen LogP contribution is -2.00. The van der Waals surface area contributed by atoms with E-state index in [4.69, 9.17) is 9.47 Å². The Morgan fingerprint density at radius 3 is 2.48 bits per heavy atom. The lowest BCUT2D eigenvalue weighted by molar-refractivity contribution is 0.279. The summed E-state index contributed by atoms with van der Waals surface area (Å²) >= 11 is 0. The van der Waals surface area contributed by atoms with Crippen LogP contribution >= 0.6 is 0 Å². The molecule has 138 valence electrons. The molecule has 3 rings (SSSR count). The summed E-state index contributed by atoms with van der Waals surface area (Å²) < 4.78 is 24.9. The Labute approximate surface area is 159 Å². The first-order chi connectivity index (χ1) is 13.1. The van der Waals surface area contributed by atoms with E-state index in [2.05, 4.69) is 31.0 Å². The molecule has 0 fully saturated rings. The number of nitrogens with zero attached hydrogens (tertiary/aromatic N) is 1. The first-order valence-electron chi connectivity index (χ1n) is 8.72. The second-order valence-electron chi connectivity index (χ2n) is 6.32. The van der Waals surface area contributed by atoms with Gasteiger partial charge in [0.15, 0.2) is 11.5 Å². The summed E-state index contributed by atoms with van der Waals surface area (Å²) in [5.41, 5.74) is 4.74. The summed E-state index contributed by atoms with van der Waals surface area (Å²) in [7, 11) is 1.58. The van der Waals surface area contributed by atoms with Crippen molar-refractivity contribution in [3.05, 3.63) is 88.7 Å². The van der Waals surface area contributed by atoms with Crippen LogP contribution in [-0.2, 0) is 6.61 Å². The molecule has 0 N–H and O–H groups in total. The second-order valence-corrected chi connectivity index (χ2v) is 6.32. The molecule has 0 heterocycles. The lowest BCUT2D eigenvalue weighted by atomic mass is 10.1. The molecule has 27 heavy (non-hydrogen) atoms. The first kappa shape index (κ1) is 18.6. The average molecular weight is 363 g/mol. The van der Waals surface area contributed by atoms with Gasteiger partial charge < -0.3 is 9.47 Å². The van der Waals surface area contributed by atoms with E-state index in [-0.39, 0.29) is 12.4 Å². The minimum absolute atomic E-state index is 0.138. The van der Waals surface area contributed by atoms with Gasteiger partial charge in [-0.05, 0) is 66.9 Å². The number of hydrogen-bond donors (Lipinski definition) is 0. The van der Waals surface area contributed by atoms with E-state index in [1.807, 2.05) is 18.2 Å². The molecule has 0 amide bonds. The predicted molar refractivity (Wildman–Crippen MR) is 107 cm³/mol. The predicted octanol–water partition coefficient (Wildman–Crippen LogP) is 5.78. The molecule has 0 spiro atoms. The first-order valence-corrected chi connectivity index (χ1v) is 8.72. The normalized spacial score (nSPS) is 11.0. The summed E-state index contributed by atoms with van der Waals surface area (Å²) in [5.74, 6) is 0.855. The molecule has 0 atom stereocenters. The Hall–Kier alpha value is -3.14. The molecule has 0 aliphatic rings. The Morgan fingerprint density at radius 2 is 1.74 bits per heavy atom. The molecule has 3 aromatic rings. The summed E-state index contributed by atoms with van der Waals surface area (Å²) in [4.78, 5) is 4.52. The number of benzene rings is 3. The SMILES string of the molecule is COc1cc(C=Nc2ccc(C)c(C)c2)ccc1OCc1ccccc1F. The van der Waals surface area contributed by atoms with Crippen LogP contribution in [0.1, 0.15) is 22.3 Å². The maximum absolute atomic E-state index is 13.7. The quantitative estimate of drug-likeness (QED) is 0.520. The third-order valence-corrected chi connectivity index (χ3v) is 4.38. The zero-order valence-electron chi connectivity index (χ0n) is 15.7. The summed E-state index contributed by atoms with van der Waals surface area (Å²) in [6.07, 6.45) is 1.78. The molecule has 0 unspecified atom stereocenters. The van der Waals surface area contributed by atoms with E-state index in [9.17, 15) is 4.39 Å². The minimum Gasteiger partial charge on any atom is -0.493 e. The number of aliphatic imine (C=N–C) groups is 1. The summed E-state index contributed by atoms with van der Waals surface area (Å²) in [6.45, 7) is 4.28. The number of hydrogen-bond acceptors (Lipinski definition) is 3. The van der Waals surface area contributed by atoms with Crippen LogP contribution in [0.25, 0.3) is 0 Å². The van der Waals surface area contributed by atoms with Crippen molar-refractivity contribution in [2.45, 2.75) is 20.5 Å². The zero-order valence-corrected chi connectivity index (χ0v) is 15.7. The summed E-state index contributed by atoms with van der Waals surface area (Å²) in [6, 6.07) is 18.2. The van der Waals surface area contributed by atoms with Crippen LogP contribution in [0.3, 0.4) is 0 Å². The molecule has 0 aromatic heterocycles. The molecule has 3 aromatic carbocycles. The van der Waals surface area contributed by atoms with Crippen molar-refractivity contribution in [2.75, 3.05) is 7.11 Å². The van der Waals surface area contributed by atoms with Gasteiger partial charge in [-0.3, -0.25) is 4.99 Å². The standard InChI is InChI=1S/C23H22FNO2/c1-16-8-10-20(12-17(16)2)25-14-18-9-11-22(23(13-18)26-3)27-15-19-6-4-5-7-21(19)24/h4-14H,15H2,1-3H3. The highest BCUT2D eigenvalue weighted by molar-refractivity contribution is 5.83. The zero-order chi connectivity index (χ0) is 19.2. The van der Waals surface area contributed by atoms with Crippen LogP contribution in [-0.4, -0.2) is 13.3 Å². The van der Waals surface area contributed by atoms with Gasteiger partial charge in [0.2, 0.25) is 0 Å². The van der Waals surface area contributed by atoms with Crippen molar-refractivity contribution in [3.63, 3.8) is 0 Å². The van der Waals surface area contributed by atoms with Gasteiger partial charge in [-0.2, -0.15) is 0 Å². The fourth-order valence-electron chi connectivity index (χ4n) is 2.61. The number of rotatable bonds is 6. The fourth-order valence-corrected chi connectivity index (χ4v) is 2.61. The van der Waals surface area contributed by atoms with E-state index in [0.29, 0.717) is 17.1 Å². The molecule has 4 heteroatoms. The van der Waals surface area contributed by atoms with Crippen LogP contribution in [0.4, 0.5) is 10.1 Å². The van der Waals surface area contributed by atoms with Gasteiger partial charge in [0.25, 0.3) is 0 Å². The molecule has 3 nitrogen and oxygen atoms in total. The number of halogens is 1. The number of ether oxygens (including phenoxy) is 2.